The molecule has 0 saturated carbocycles. The number of carbonyl (C=O) groups is 1. The SMILES string of the molecule is COCC1(C(=O)NC2CCOc3ccccc32)CCNCC1. The molecule has 0 aliphatic carbocycles. The molecule has 2 aliphatic rings. The van der Waals surface area contributed by atoms with E-state index in [9.17, 15) is 4.79 Å². The third kappa shape index (κ3) is 2.96. The molecule has 2 aliphatic heterocycles. The van der Waals surface area contributed by atoms with Gasteiger partial charge in [0.1, 0.15) is 5.75 Å². The lowest BCUT2D eigenvalue weighted by Crippen LogP contribution is -2.51. The highest BCUT2D eigenvalue weighted by molar-refractivity contribution is 5.83. The van der Waals surface area contributed by atoms with Gasteiger partial charge in [-0.05, 0) is 32.0 Å². The molecule has 5 nitrogen and oxygen atoms in total. The Morgan fingerprint density at radius 1 is 1.41 bits per heavy atom. The maximum absolute atomic E-state index is 12.9. The summed E-state index contributed by atoms with van der Waals surface area (Å²) in [4.78, 5) is 12.9. The van der Waals surface area contributed by atoms with Crippen LogP contribution in [-0.2, 0) is 9.53 Å². The van der Waals surface area contributed by atoms with Gasteiger partial charge in [0.05, 0.1) is 24.7 Å². The number of para-hydroxylation sites is 1. The average molecular weight is 304 g/mol. The summed E-state index contributed by atoms with van der Waals surface area (Å²) in [6.07, 6.45) is 2.44. The van der Waals surface area contributed by atoms with Crippen molar-refractivity contribution in [1.29, 1.82) is 0 Å². The van der Waals surface area contributed by atoms with Crippen molar-refractivity contribution in [1.82, 2.24) is 10.6 Å². The van der Waals surface area contributed by atoms with E-state index in [2.05, 4.69) is 10.6 Å². The van der Waals surface area contributed by atoms with Crippen molar-refractivity contribution in [3.63, 3.8) is 0 Å². The third-order valence-electron chi connectivity index (χ3n) is 4.73. The average Bonchev–Trinajstić information content (AvgIpc) is 2.56. The molecule has 1 saturated heterocycles. The van der Waals surface area contributed by atoms with Crippen LogP contribution in [0.5, 0.6) is 5.75 Å². The Hall–Kier alpha value is -1.59. The van der Waals surface area contributed by atoms with Crippen molar-refractivity contribution < 1.29 is 14.3 Å². The second-order valence-electron chi connectivity index (χ2n) is 6.16. The second-order valence-corrected chi connectivity index (χ2v) is 6.16. The molecule has 1 fully saturated rings. The summed E-state index contributed by atoms with van der Waals surface area (Å²) in [6, 6.07) is 7.97. The molecule has 1 aromatic carbocycles. The van der Waals surface area contributed by atoms with Gasteiger partial charge in [0.15, 0.2) is 0 Å². The summed E-state index contributed by atoms with van der Waals surface area (Å²) in [6.45, 7) is 2.84. The van der Waals surface area contributed by atoms with Gasteiger partial charge in [-0.2, -0.15) is 0 Å². The molecular weight excluding hydrogens is 280 g/mol. The van der Waals surface area contributed by atoms with E-state index in [0.717, 1.165) is 43.7 Å². The molecular formula is C17H24N2O3. The molecule has 1 amide bonds. The largest absolute Gasteiger partial charge is 0.493 e. The Morgan fingerprint density at radius 3 is 2.95 bits per heavy atom. The predicted molar refractivity (Wildman–Crippen MR) is 83.9 cm³/mol. The fourth-order valence-electron chi connectivity index (χ4n) is 3.42. The summed E-state index contributed by atoms with van der Waals surface area (Å²) < 4.78 is 11.0. The van der Waals surface area contributed by atoms with E-state index >= 15 is 0 Å². The number of rotatable bonds is 4. The van der Waals surface area contributed by atoms with Gasteiger partial charge in [-0.3, -0.25) is 4.79 Å². The standard InChI is InChI=1S/C17H24N2O3/c1-21-12-17(7-9-18-10-8-17)16(20)19-14-6-11-22-15-5-3-2-4-13(14)15/h2-5,14,18H,6-12H2,1H3,(H,19,20). The van der Waals surface area contributed by atoms with Crippen LogP contribution in [0, 0.1) is 5.41 Å². The number of carbonyl (C=O) groups excluding carboxylic acids is 1. The first kappa shape index (κ1) is 15.3. The summed E-state index contributed by atoms with van der Waals surface area (Å²) >= 11 is 0. The summed E-state index contributed by atoms with van der Waals surface area (Å²) in [5.41, 5.74) is 0.663. The normalized spacial score (nSPS) is 23.2. The van der Waals surface area contributed by atoms with Crippen LogP contribution in [0.3, 0.4) is 0 Å². The van der Waals surface area contributed by atoms with Gasteiger partial charge < -0.3 is 20.1 Å². The Morgan fingerprint density at radius 2 is 2.18 bits per heavy atom. The van der Waals surface area contributed by atoms with E-state index in [1.807, 2.05) is 24.3 Å². The first-order valence-corrected chi connectivity index (χ1v) is 7.97. The first-order chi connectivity index (χ1) is 10.7. The number of nitrogens with one attached hydrogen (secondary N) is 2. The zero-order valence-electron chi connectivity index (χ0n) is 13.1. The first-order valence-electron chi connectivity index (χ1n) is 7.97. The van der Waals surface area contributed by atoms with E-state index < -0.39 is 5.41 Å². The Bertz CT molecular complexity index is 521. The number of fused-ring (bicyclic) bond motifs is 1. The van der Waals surface area contributed by atoms with Crippen molar-refractivity contribution in [2.24, 2.45) is 5.41 Å². The minimum Gasteiger partial charge on any atom is -0.493 e. The molecule has 1 atom stereocenters. The zero-order valence-corrected chi connectivity index (χ0v) is 13.1. The molecule has 1 aromatic rings. The van der Waals surface area contributed by atoms with Gasteiger partial charge >= 0.3 is 0 Å². The van der Waals surface area contributed by atoms with Crippen molar-refractivity contribution >= 4 is 5.91 Å². The molecule has 120 valence electrons. The highest BCUT2D eigenvalue weighted by Crippen LogP contribution is 2.34. The number of ether oxygens (including phenoxy) is 2. The number of methoxy groups -OCH3 is 1. The van der Waals surface area contributed by atoms with Crippen LogP contribution in [0.15, 0.2) is 24.3 Å². The number of hydrogen-bond donors (Lipinski definition) is 2. The highest BCUT2D eigenvalue weighted by atomic mass is 16.5. The van der Waals surface area contributed by atoms with Gasteiger partial charge in [0.2, 0.25) is 5.91 Å². The monoisotopic (exact) mass is 304 g/mol. The Kier molecular flexibility index (Phi) is 4.64. The molecule has 0 radical (unpaired) electrons. The van der Waals surface area contributed by atoms with E-state index in [1.54, 1.807) is 7.11 Å². The van der Waals surface area contributed by atoms with Crippen molar-refractivity contribution in [2.75, 3.05) is 33.4 Å². The predicted octanol–water partition coefficient (Wildman–Crippen LogP) is 1.64. The van der Waals surface area contributed by atoms with Crippen molar-refractivity contribution in [3.05, 3.63) is 29.8 Å². The molecule has 22 heavy (non-hydrogen) atoms. The molecule has 0 aromatic heterocycles. The van der Waals surface area contributed by atoms with Crippen LogP contribution in [0.4, 0.5) is 0 Å². The molecule has 0 bridgehead atoms. The maximum Gasteiger partial charge on any atom is 0.229 e. The van der Waals surface area contributed by atoms with Gasteiger partial charge in [-0.25, -0.2) is 0 Å². The molecule has 2 N–H and O–H groups in total. The van der Waals surface area contributed by atoms with Crippen LogP contribution in [0.25, 0.3) is 0 Å². The van der Waals surface area contributed by atoms with Crippen LogP contribution < -0.4 is 15.4 Å². The topological polar surface area (TPSA) is 59.6 Å². The maximum atomic E-state index is 12.9. The van der Waals surface area contributed by atoms with Crippen LogP contribution >= 0.6 is 0 Å². The molecule has 0 spiro atoms. The van der Waals surface area contributed by atoms with Crippen LogP contribution in [-0.4, -0.2) is 39.3 Å². The van der Waals surface area contributed by atoms with Crippen molar-refractivity contribution in [2.45, 2.75) is 25.3 Å². The van der Waals surface area contributed by atoms with Gasteiger partial charge in [-0.15, -0.1) is 0 Å². The molecule has 1 unspecified atom stereocenters. The fourth-order valence-corrected chi connectivity index (χ4v) is 3.42. The van der Waals surface area contributed by atoms with Gasteiger partial charge in [-0.1, -0.05) is 18.2 Å². The van der Waals surface area contributed by atoms with Gasteiger partial charge in [0, 0.05) is 19.1 Å². The minimum atomic E-state index is -0.409. The quantitative estimate of drug-likeness (QED) is 0.888. The summed E-state index contributed by atoms with van der Waals surface area (Å²) in [7, 11) is 1.67. The van der Waals surface area contributed by atoms with E-state index in [1.165, 1.54) is 0 Å². The van der Waals surface area contributed by atoms with Gasteiger partial charge in [0.25, 0.3) is 0 Å². The van der Waals surface area contributed by atoms with E-state index in [0.29, 0.717) is 13.2 Å². The van der Waals surface area contributed by atoms with Crippen LogP contribution in [0.1, 0.15) is 30.9 Å². The number of piperidine rings is 1. The van der Waals surface area contributed by atoms with Crippen LogP contribution in [0.2, 0.25) is 0 Å². The summed E-state index contributed by atoms with van der Waals surface area (Å²) in [5, 5.41) is 6.56. The van der Waals surface area contributed by atoms with Crippen molar-refractivity contribution in [3.8, 4) is 5.75 Å². The lowest BCUT2D eigenvalue weighted by Gasteiger charge is -2.37. The fraction of sp³-hybridized carbons (Fsp3) is 0.588. The molecule has 3 rings (SSSR count). The Balaban J connectivity index is 1.76. The third-order valence-corrected chi connectivity index (χ3v) is 4.73. The molecule has 5 heteroatoms. The summed E-state index contributed by atoms with van der Waals surface area (Å²) in [5.74, 6) is 0.989. The van der Waals surface area contributed by atoms with E-state index in [-0.39, 0.29) is 11.9 Å². The van der Waals surface area contributed by atoms with E-state index in [4.69, 9.17) is 9.47 Å². The smallest absolute Gasteiger partial charge is 0.229 e. The molecule has 2 heterocycles. The minimum absolute atomic E-state index is 0.0288. The zero-order chi connectivity index (χ0) is 15.4. The Labute approximate surface area is 131 Å². The lowest BCUT2D eigenvalue weighted by molar-refractivity contribution is -0.137. The number of amides is 1. The highest BCUT2D eigenvalue weighted by Gasteiger charge is 2.41. The second kappa shape index (κ2) is 6.67. The lowest BCUT2D eigenvalue weighted by atomic mass is 9.78. The number of hydrogen-bond acceptors (Lipinski definition) is 4. The number of benzene rings is 1.